The van der Waals surface area contributed by atoms with Gasteiger partial charge in [-0.2, -0.15) is 0 Å². The molecule has 1 aromatic rings. The molecule has 1 unspecified atom stereocenters. The van der Waals surface area contributed by atoms with E-state index in [4.69, 9.17) is 5.73 Å². The van der Waals surface area contributed by atoms with Crippen LogP contribution in [0.3, 0.4) is 0 Å². The van der Waals surface area contributed by atoms with Gasteiger partial charge in [0.2, 0.25) is 0 Å². The van der Waals surface area contributed by atoms with Crippen LogP contribution in [0.2, 0.25) is 0 Å². The van der Waals surface area contributed by atoms with Gasteiger partial charge in [0, 0.05) is 19.1 Å². The third-order valence-electron chi connectivity index (χ3n) is 4.35. The van der Waals surface area contributed by atoms with Crippen LogP contribution in [0.1, 0.15) is 44.2 Å². The van der Waals surface area contributed by atoms with Crippen LogP contribution < -0.4 is 11.1 Å². The van der Waals surface area contributed by atoms with Gasteiger partial charge in [0.05, 0.1) is 6.54 Å². The first kappa shape index (κ1) is 17.5. The van der Waals surface area contributed by atoms with Crippen LogP contribution in [-0.2, 0) is 13.1 Å². The maximum absolute atomic E-state index is 5.83. The third-order valence-corrected chi connectivity index (χ3v) is 4.35. The van der Waals surface area contributed by atoms with Gasteiger partial charge in [0.15, 0.2) is 5.96 Å². The van der Waals surface area contributed by atoms with Gasteiger partial charge in [0.1, 0.15) is 0 Å². The second-order valence-corrected chi connectivity index (χ2v) is 6.64. The molecule has 4 heteroatoms. The first-order chi connectivity index (χ1) is 11.0. The van der Waals surface area contributed by atoms with Crippen molar-refractivity contribution >= 4 is 5.96 Å². The quantitative estimate of drug-likeness (QED) is 0.482. The van der Waals surface area contributed by atoms with Crippen LogP contribution in [-0.4, -0.2) is 30.0 Å². The molecule has 0 radical (unpaired) electrons. The Bertz CT molecular complexity index is 533. The maximum atomic E-state index is 5.83. The zero-order valence-electron chi connectivity index (χ0n) is 14.5. The van der Waals surface area contributed by atoms with E-state index in [1.165, 1.54) is 36.9 Å². The van der Waals surface area contributed by atoms with Crippen molar-refractivity contribution in [3.05, 3.63) is 47.5 Å². The highest BCUT2D eigenvalue weighted by Gasteiger charge is 2.17. The Morgan fingerprint density at radius 2 is 2.00 bits per heavy atom. The van der Waals surface area contributed by atoms with Crippen molar-refractivity contribution in [2.24, 2.45) is 10.7 Å². The SMILES string of the molecule is C=C(C)CNC(N)=NCc1ccc(CN2CCCCC2C)cc1. The summed E-state index contributed by atoms with van der Waals surface area (Å²) in [7, 11) is 0. The fraction of sp³-hybridized carbons (Fsp3) is 0.526. The van der Waals surface area contributed by atoms with Gasteiger partial charge < -0.3 is 11.1 Å². The lowest BCUT2D eigenvalue weighted by molar-refractivity contribution is 0.152. The van der Waals surface area contributed by atoms with Gasteiger partial charge in [-0.05, 0) is 44.4 Å². The lowest BCUT2D eigenvalue weighted by atomic mass is 10.0. The molecule has 1 fully saturated rings. The molecule has 1 aliphatic heterocycles. The minimum absolute atomic E-state index is 0.471. The minimum atomic E-state index is 0.471. The molecule has 0 aliphatic carbocycles. The number of benzene rings is 1. The Morgan fingerprint density at radius 1 is 1.30 bits per heavy atom. The van der Waals surface area contributed by atoms with E-state index in [2.05, 4.69) is 53.0 Å². The standard InChI is InChI=1S/C19H30N4/c1-15(2)12-21-19(20)22-13-17-7-9-18(10-8-17)14-23-11-5-4-6-16(23)3/h7-10,16H,1,4-6,11-14H2,2-3H3,(H3,20,21,22). The first-order valence-corrected chi connectivity index (χ1v) is 8.54. The molecule has 1 saturated heterocycles. The summed E-state index contributed by atoms with van der Waals surface area (Å²) in [5, 5.41) is 3.04. The van der Waals surface area contributed by atoms with Gasteiger partial charge >= 0.3 is 0 Å². The normalized spacial score (nSPS) is 19.6. The number of hydrogen-bond acceptors (Lipinski definition) is 2. The van der Waals surface area contributed by atoms with Crippen molar-refractivity contribution in [1.82, 2.24) is 10.2 Å². The van der Waals surface area contributed by atoms with E-state index in [1.54, 1.807) is 0 Å². The minimum Gasteiger partial charge on any atom is -0.370 e. The van der Waals surface area contributed by atoms with Gasteiger partial charge in [-0.15, -0.1) is 0 Å². The zero-order chi connectivity index (χ0) is 16.7. The Kier molecular flexibility index (Phi) is 6.66. The Morgan fingerprint density at radius 3 is 2.65 bits per heavy atom. The highest BCUT2D eigenvalue weighted by Crippen LogP contribution is 2.19. The maximum Gasteiger partial charge on any atom is 0.189 e. The molecule has 4 nitrogen and oxygen atoms in total. The van der Waals surface area contributed by atoms with Crippen molar-refractivity contribution in [1.29, 1.82) is 0 Å². The number of nitrogens with two attached hydrogens (primary N) is 1. The lowest BCUT2D eigenvalue weighted by Gasteiger charge is -2.33. The summed E-state index contributed by atoms with van der Waals surface area (Å²) >= 11 is 0. The molecule has 0 saturated carbocycles. The summed E-state index contributed by atoms with van der Waals surface area (Å²) in [6.45, 7) is 11.7. The molecule has 1 aromatic carbocycles. The van der Waals surface area contributed by atoms with E-state index < -0.39 is 0 Å². The van der Waals surface area contributed by atoms with Gasteiger partial charge in [0.25, 0.3) is 0 Å². The molecule has 1 aliphatic rings. The predicted molar refractivity (Wildman–Crippen MR) is 98.3 cm³/mol. The number of guanidine groups is 1. The highest BCUT2D eigenvalue weighted by atomic mass is 15.2. The molecule has 1 atom stereocenters. The summed E-state index contributed by atoms with van der Waals surface area (Å²) in [6, 6.07) is 9.43. The summed E-state index contributed by atoms with van der Waals surface area (Å²) < 4.78 is 0. The van der Waals surface area contributed by atoms with E-state index in [-0.39, 0.29) is 0 Å². The predicted octanol–water partition coefficient (Wildman–Crippen LogP) is 3.04. The summed E-state index contributed by atoms with van der Waals surface area (Å²) in [5.74, 6) is 0.471. The molecular formula is C19H30N4. The molecule has 0 aromatic heterocycles. The Hall–Kier alpha value is -1.81. The van der Waals surface area contributed by atoms with Crippen LogP contribution in [0.4, 0.5) is 0 Å². The van der Waals surface area contributed by atoms with Crippen molar-refractivity contribution in [2.75, 3.05) is 13.1 Å². The number of hydrogen-bond donors (Lipinski definition) is 2. The number of rotatable bonds is 6. The Balaban J connectivity index is 1.84. The van der Waals surface area contributed by atoms with Crippen LogP contribution in [0.25, 0.3) is 0 Å². The first-order valence-electron chi connectivity index (χ1n) is 8.54. The number of nitrogens with one attached hydrogen (secondary N) is 1. The van der Waals surface area contributed by atoms with E-state index in [1.807, 2.05) is 6.92 Å². The molecule has 3 N–H and O–H groups in total. The van der Waals surface area contributed by atoms with Crippen molar-refractivity contribution in [3.8, 4) is 0 Å². The highest BCUT2D eigenvalue weighted by molar-refractivity contribution is 5.78. The van der Waals surface area contributed by atoms with Crippen LogP contribution >= 0.6 is 0 Å². The smallest absolute Gasteiger partial charge is 0.189 e. The zero-order valence-corrected chi connectivity index (χ0v) is 14.5. The average Bonchev–Trinajstić information content (AvgIpc) is 2.54. The number of nitrogens with zero attached hydrogens (tertiary/aromatic N) is 2. The number of likely N-dealkylation sites (tertiary alicyclic amines) is 1. The number of piperidine rings is 1. The molecule has 2 rings (SSSR count). The largest absolute Gasteiger partial charge is 0.370 e. The molecule has 23 heavy (non-hydrogen) atoms. The summed E-state index contributed by atoms with van der Waals surface area (Å²) in [5.41, 5.74) is 9.43. The monoisotopic (exact) mass is 314 g/mol. The fourth-order valence-electron chi connectivity index (χ4n) is 2.85. The topological polar surface area (TPSA) is 53.6 Å². The third kappa shape index (κ3) is 6.06. The lowest BCUT2D eigenvalue weighted by Crippen LogP contribution is -2.36. The second kappa shape index (κ2) is 8.73. The fourth-order valence-corrected chi connectivity index (χ4v) is 2.85. The van der Waals surface area contributed by atoms with E-state index in [9.17, 15) is 0 Å². The molecule has 0 amide bonds. The molecule has 0 bridgehead atoms. The van der Waals surface area contributed by atoms with Gasteiger partial charge in [-0.3, -0.25) is 4.90 Å². The average molecular weight is 314 g/mol. The molecular weight excluding hydrogens is 284 g/mol. The van der Waals surface area contributed by atoms with Gasteiger partial charge in [-0.25, -0.2) is 4.99 Å². The van der Waals surface area contributed by atoms with Crippen molar-refractivity contribution < 1.29 is 0 Å². The Labute approximate surface area is 140 Å². The van der Waals surface area contributed by atoms with Crippen molar-refractivity contribution in [3.63, 3.8) is 0 Å². The number of aliphatic imine (C=N–C) groups is 1. The van der Waals surface area contributed by atoms with Crippen LogP contribution in [0.15, 0.2) is 41.4 Å². The molecule has 0 spiro atoms. The summed E-state index contributed by atoms with van der Waals surface area (Å²) in [4.78, 5) is 6.94. The van der Waals surface area contributed by atoms with Crippen LogP contribution in [0, 0.1) is 0 Å². The van der Waals surface area contributed by atoms with E-state index in [0.29, 0.717) is 25.1 Å². The second-order valence-electron chi connectivity index (χ2n) is 6.64. The van der Waals surface area contributed by atoms with Crippen LogP contribution in [0.5, 0.6) is 0 Å². The molecule has 126 valence electrons. The summed E-state index contributed by atoms with van der Waals surface area (Å²) in [6.07, 6.45) is 4.02. The van der Waals surface area contributed by atoms with Crippen molar-refractivity contribution in [2.45, 2.75) is 52.2 Å². The van der Waals surface area contributed by atoms with E-state index in [0.717, 1.165) is 12.1 Å². The van der Waals surface area contributed by atoms with Gasteiger partial charge in [-0.1, -0.05) is 42.8 Å². The van der Waals surface area contributed by atoms with E-state index >= 15 is 0 Å². The molecule has 1 heterocycles.